The maximum atomic E-state index is 15.7. The number of aliphatic hydroxyl groups excluding tert-OH is 1. The van der Waals surface area contributed by atoms with Gasteiger partial charge in [0.1, 0.15) is 23.7 Å². The fourth-order valence-electron chi connectivity index (χ4n) is 5.86. The lowest BCUT2D eigenvalue weighted by Crippen LogP contribution is -2.44. The number of carbonyl (C=O) groups excluding carboxylic acids is 2. The van der Waals surface area contributed by atoms with E-state index in [1.54, 1.807) is 19.1 Å². The minimum atomic E-state index is -0.742. The minimum absolute atomic E-state index is 0.0322. The van der Waals surface area contributed by atoms with E-state index in [4.69, 9.17) is 4.74 Å². The first kappa shape index (κ1) is 25.7. The molecule has 0 aliphatic carbocycles. The molecule has 1 unspecified atom stereocenters. The van der Waals surface area contributed by atoms with E-state index in [1.807, 2.05) is 11.0 Å². The molecule has 3 aliphatic rings. The normalized spacial score (nSPS) is 19.6. The Kier molecular flexibility index (Phi) is 7.76. The molecule has 1 fully saturated rings. The van der Waals surface area contributed by atoms with Crippen molar-refractivity contribution in [2.24, 2.45) is 5.92 Å². The lowest BCUT2D eigenvalue weighted by atomic mass is 9.89. The minimum Gasteiger partial charge on any atom is -0.491 e. The van der Waals surface area contributed by atoms with Gasteiger partial charge in [0, 0.05) is 46.2 Å². The zero-order chi connectivity index (χ0) is 25.9. The van der Waals surface area contributed by atoms with Gasteiger partial charge < -0.3 is 19.6 Å². The standard InChI is InChI=1S/C29H36FN3O4/c1-20(34)32-12-8-21(9-13-32)16-23-6-7-26-27(28(23)30)29(36)33(14-15-37-26)19-25(35)18-31-11-10-22-4-2-3-5-24(22)17-31/h2-7,21,25,35H,8-19H2,1H3. The van der Waals surface area contributed by atoms with Gasteiger partial charge in [-0.25, -0.2) is 4.39 Å². The van der Waals surface area contributed by atoms with Crippen LogP contribution in [0.1, 0.15) is 46.8 Å². The highest BCUT2D eigenvalue weighted by atomic mass is 19.1. The molecule has 2 amide bonds. The third kappa shape index (κ3) is 5.80. The second-order valence-corrected chi connectivity index (χ2v) is 10.6. The second-order valence-electron chi connectivity index (χ2n) is 10.6. The number of halogens is 1. The Bertz CT molecular complexity index is 1150. The average Bonchev–Trinajstić information content (AvgIpc) is 3.04. The molecule has 198 valence electrons. The molecule has 2 aromatic rings. The van der Waals surface area contributed by atoms with E-state index >= 15 is 4.39 Å². The Labute approximate surface area is 217 Å². The predicted octanol–water partition coefficient (Wildman–Crippen LogP) is 2.88. The van der Waals surface area contributed by atoms with Gasteiger partial charge in [-0.05, 0) is 54.4 Å². The van der Waals surface area contributed by atoms with Crippen LogP contribution in [0.2, 0.25) is 0 Å². The molecule has 37 heavy (non-hydrogen) atoms. The number of piperidine rings is 1. The molecule has 2 aromatic carbocycles. The molecule has 0 bridgehead atoms. The fraction of sp³-hybridized carbons (Fsp3) is 0.517. The van der Waals surface area contributed by atoms with Gasteiger partial charge in [-0.3, -0.25) is 14.5 Å². The number of likely N-dealkylation sites (tertiary alicyclic amines) is 1. The van der Waals surface area contributed by atoms with Crippen LogP contribution in [0.4, 0.5) is 4.39 Å². The summed E-state index contributed by atoms with van der Waals surface area (Å²) in [4.78, 5) is 30.6. The summed E-state index contributed by atoms with van der Waals surface area (Å²) in [6, 6.07) is 11.8. The second kappa shape index (κ2) is 11.2. The largest absolute Gasteiger partial charge is 0.491 e. The maximum Gasteiger partial charge on any atom is 0.260 e. The van der Waals surface area contributed by atoms with Crippen LogP contribution in [-0.4, -0.2) is 83.6 Å². The van der Waals surface area contributed by atoms with Gasteiger partial charge in [0.05, 0.1) is 12.6 Å². The van der Waals surface area contributed by atoms with Crippen LogP contribution in [0, 0.1) is 11.7 Å². The average molecular weight is 510 g/mol. The number of amides is 2. The molecule has 3 aliphatic heterocycles. The summed E-state index contributed by atoms with van der Waals surface area (Å²) in [7, 11) is 0. The summed E-state index contributed by atoms with van der Waals surface area (Å²) in [5.74, 6) is -0.351. The van der Waals surface area contributed by atoms with Gasteiger partial charge in [-0.15, -0.1) is 0 Å². The van der Waals surface area contributed by atoms with Gasteiger partial charge in [-0.1, -0.05) is 30.3 Å². The number of aliphatic hydroxyl groups is 1. The number of nitrogens with zero attached hydrogens (tertiary/aromatic N) is 3. The molecule has 1 saturated heterocycles. The fourth-order valence-corrected chi connectivity index (χ4v) is 5.86. The number of rotatable bonds is 6. The Balaban J connectivity index is 1.23. The van der Waals surface area contributed by atoms with E-state index in [-0.39, 0.29) is 36.3 Å². The van der Waals surface area contributed by atoms with Crippen molar-refractivity contribution in [3.05, 3.63) is 64.5 Å². The Morgan fingerprint density at radius 1 is 1.08 bits per heavy atom. The summed E-state index contributed by atoms with van der Waals surface area (Å²) in [6.45, 7) is 5.71. The molecule has 7 nitrogen and oxygen atoms in total. The van der Waals surface area contributed by atoms with Crippen molar-refractivity contribution < 1.29 is 23.8 Å². The Hall–Kier alpha value is -2.97. The highest BCUT2D eigenvalue weighted by molar-refractivity contribution is 5.97. The zero-order valence-electron chi connectivity index (χ0n) is 21.5. The molecular weight excluding hydrogens is 473 g/mol. The van der Waals surface area contributed by atoms with E-state index in [0.717, 1.165) is 32.4 Å². The number of hydrogen-bond donors (Lipinski definition) is 1. The number of hydrogen-bond acceptors (Lipinski definition) is 5. The number of β-amino-alcohol motifs (C(OH)–C–C–N with tert-alkyl or cyclic N) is 1. The lowest BCUT2D eigenvalue weighted by molar-refractivity contribution is -0.130. The van der Waals surface area contributed by atoms with E-state index in [1.165, 1.54) is 16.0 Å². The maximum absolute atomic E-state index is 15.7. The van der Waals surface area contributed by atoms with Crippen molar-refractivity contribution in [3.63, 3.8) is 0 Å². The summed E-state index contributed by atoms with van der Waals surface area (Å²) in [6.07, 6.45) is 2.36. The molecule has 5 rings (SSSR count). The van der Waals surface area contributed by atoms with Crippen molar-refractivity contribution in [2.75, 3.05) is 45.9 Å². The smallest absolute Gasteiger partial charge is 0.260 e. The first-order chi connectivity index (χ1) is 17.9. The summed E-state index contributed by atoms with van der Waals surface area (Å²) >= 11 is 0. The van der Waals surface area contributed by atoms with Crippen molar-refractivity contribution in [1.29, 1.82) is 0 Å². The van der Waals surface area contributed by atoms with E-state index in [0.29, 0.717) is 38.2 Å². The van der Waals surface area contributed by atoms with Crippen LogP contribution in [0.15, 0.2) is 36.4 Å². The molecule has 1 atom stereocenters. The first-order valence-corrected chi connectivity index (χ1v) is 13.3. The van der Waals surface area contributed by atoms with Gasteiger partial charge in [0.2, 0.25) is 5.91 Å². The number of carbonyl (C=O) groups is 2. The molecule has 0 saturated carbocycles. The van der Waals surface area contributed by atoms with Crippen molar-refractivity contribution in [2.45, 2.75) is 45.3 Å². The van der Waals surface area contributed by atoms with Crippen LogP contribution in [0.3, 0.4) is 0 Å². The highest BCUT2D eigenvalue weighted by Crippen LogP contribution is 2.31. The zero-order valence-corrected chi connectivity index (χ0v) is 21.5. The van der Waals surface area contributed by atoms with Crippen LogP contribution < -0.4 is 4.74 Å². The quantitative estimate of drug-likeness (QED) is 0.649. The van der Waals surface area contributed by atoms with Crippen LogP contribution in [0.25, 0.3) is 0 Å². The van der Waals surface area contributed by atoms with Crippen LogP contribution in [-0.2, 0) is 24.2 Å². The van der Waals surface area contributed by atoms with E-state index in [2.05, 4.69) is 23.1 Å². The molecule has 1 N–H and O–H groups in total. The third-order valence-electron chi connectivity index (χ3n) is 7.98. The van der Waals surface area contributed by atoms with Crippen LogP contribution >= 0.6 is 0 Å². The molecule has 3 heterocycles. The van der Waals surface area contributed by atoms with Crippen molar-refractivity contribution in [1.82, 2.24) is 14.7 Å². The van der Waals surface area contributed by atoms with Crippen molar-refractivity contribution >= 4 is 11.8 Å². The SMILES string of the molecule is CC(=O)N1CCC(Cc2ccc3c(c2F)C(=O)N(CC(O)CN2CCc4ccccc4C2)CCO3)CC1. The highest BCUT2D eigenvalue weighted by Gasteiger charge is 2.31. The van der Waals surface area contributed by atoms with Gasteiger partial charge in [0.25, 0.3) is 5.91 Å². The van der Waals surface area contributed by atoms with Gasteiger partial charge in [0.15, 0.2) is 0 Å². The topological polar surface area (TPSA) is 73.3 Å². The Morgan fingerprint density at radius 2 is 1.84 bits per heavy atom. The monoisotopic (exact) mass is 509 g/mol. The van der Waals surface area contributed by atoms with Gasteiger partial charge in [-0.2, -0.15) is 0 Å². The molecule has 0 radical (unpaired) electrons. The third-order valence-corrected chi connectivity index (χ3v) is 7.98. The molecular formula is C29H36FN3O4. The number of fused-ring (bicyclic) bond motifs is 2. The van der Waals surface area contributed by atoms with Crippen molar-refractivity contribution in [3.8, 4) is 5.75 Å². The Morgan fingerprint density at radius 3 is 2.59 bits per heavy atom. The molecule has 8 heteroatoms. The molecule has 0 spiro atoms. The van der Waals surface area contributed by atoms with E-state index < -0.39 is 17.8 Å². The predicted molar refractivity (Wildman–Crippen MR) is 138 cm³/mol. The summed E-state index contributed by atoms with van der Waals surface area (Å²) < 4.78 is 21.5. The number of ether oxygens (including phenoxy) is 1. The number of benzene rings is 2. The summed E-state index contributed by atoms with van der Waals surface area (Å²) in [5.41, 5.74) is 3.10. The van der Waals surface area contributed by atoms with Gasteiger partial charge >= 0.3 is 0 Å². The molecule has 0 aromatic heterocycles. The lowest BCUT2D eigenvalue weighted by Gasteiger charge is -2.32. The van der Waals surface area contributed by atoms with Crippen LogP contribution in [0.5, 0.6) is 5.75 Å². The summed E-state index contributed by atoms with van der Waals surface area (Å²) in [5, 5.41) is 10.9. The first-order valence-electron chi connectivity index (χ1n) is 13.3. The van der Waals surface area contributed by atoms with E-state index in [9.17, 15) is 14.7 Å².